The van der Waals surface area contributed by atoms with Gasteiger partial charge < -0.3 is 14.2 Å². The topological polar surface area (TPSA) is 78.9 Å². The van der Waals surface area contributed by atoms with E-state index >= 15 is 0 Å². The average Bonchev–Trinajstić information content (AvgIpc) is 3.21. The smallest absolute Gasteiger partial charge is 0.306 e. The van der Waals surface area contributed by atoms with Gasteiger partial charge in [-0.15, -0.1) is 0 Å². The Bertz CT molecular complexity index is 969. The van der Waals surface area contributed by atoms with Gasteiger partial charge in [0.15, 0.2) is 6.10 Å². The highest BCUT2D eigenvalue weighted by atomic mass is 16.6. The number of carbonyl (C=O) groups excluding carboxylic acids is 3. The van der Waals surface area contributed by atoms with E-state index in [0.717, 1.165) is 89.9 Å². The number of allylic oxidation sites excluding steroid dienone is 6. The summed E-state index contributed by atoms with van der Waals surface area (Å²) in [6.45, 7) is 6.51. The van der Waals surface area contributed by atoms with Gasteiger partial charge in [-0.2, -0.15) is 0 Å². The van der Waals surface area contributed by atoms with Gasteiger partial charge in [0.25, 0.3) is 0 Å². The van der Waals surface area contributed by atoms with Crippen LogP contribution in [0.2, 0.25) is 0 Å². The molecular weight excluding hydrogens is 709 g/mol. The van der Waals surface area contributed by atoms with Crippen molar-refractivity contribution in [1.29, 1.82) is 0 Å². The number of unbranched alkanes of at least 4 members (excludes halogenated alkanes) is 27. The van der Waals surface area contributed by atoms with Gasteiger partial charge in [-0.05, 0) is 70.6 Å². The molecule has 0 aliphatic heterocycles. The Hall–Kier alpha value is -2.37. The van der Waals surface area contributed by atoms with Crippen LogP contribution in [0.25, 0.3) is 0 Å². The molecule has 0 radical (unpaired) electrons. The average molecular weight is 801 g/mol. The maximum Gasteiger partial charge on any atom is 0.306 e. The Kier molecular flexibility index (Phi) is 44.4. The SMILES string of the molecule is CC/C=C\C/C=C\CCCCCCCCCC(=O)OCC(COC(=O)CCCCCCCCCCCCC)OC(=O)CCCCC/C=C\CCCCCCCCC. The maximum atomic E-state index is 12.7. The Balaban J connectivity index is 4.38. The summed E-state index contributed by atoms with van der Waals surface area (Å²) in [7, 11) is 0. The molecule has 0 spiro atoms. The lowest BCUT2D eigenvalue weighted by molar-refractivity contribution is -0.167. The van der Waals surface area contributed by atoms with Gasteiger partial charge in [0, 0.05) is 19.3 Å². The second-order valence-corrected chi connectivity index (χ2v) is 16.3. The molecule has 0 heterocycles. The number of ether oxygens (including phenoxy) is 3. The lowest BCUT2D eigenvalue weighted by Crippen LogP contribution is -2.30. The van der Waals surface area contributed by atoms with E-state index < -0.39 is 6.10 Å². The van der Waals surface area contributed by atoms with E-state index in [1.54, 1.807) is 0 Å². The van der Waals surface area contributed by atoms with Crippen molar-refractivity contribution < 1.29 is 28.6 Å². The summed E-state index contributed by atoms with van der Waals surface area (Å²) in [5, 5.41) is 0. The standard InChI is InChI=1S/C51H92O6/c1-4-7-10-13-16-19-22-24-26-29-32-35-38-41-44-50(53)56-47-48(46-55-49(52)43-40-37-34-31-28-21-18-15-12-9-6-3)57-51(54)45-42-39-36-33-30-27-25-23-20-17-14-11-8-5-2/h7,10,16,19,27,30,48H,4-6,8-9,11-15,17-18,20-26,28-29,31-47H2,1-3H3/b10-7-,19-16-,30-27-. The van der Waals surface area contributed by atoms with Crippen LogP contribution in [0.4, 0.5) is 0 Å². The van der Waals surface area contributed by atoms with Crippen LogP contribution in [0.15, 0.2) is 36.5 Å². The monoisotopic (exact) mass is 801 g/mol. The van der Waals surface area contributed by atoms with Gasteiger partial charge in [0.05, 0.1) is 0 Å². The normalized spacial score (nSPS) is 12.3. The van der Waals surface area contributed by atoms with Crippen molar-refractivity contribution in [3.8, 4) is 0 Å². The highest BCUT2D eigenvalue weighted by Crippen LogP contribution is 2.15. The molecule has 6 nitrogen and oxygen atoms in total. The summed E-state index contributed by atoms with van der Waals surface area (Å²) in [5.41, 5.74) is 0. The Morgan fingerprint density at radius 3 is 1.09 bits per heavy atom. The van der Waals surface area contributed by atoms with E-state index in [9.17, 15) is 14.4 Å². The molecule has 0 saturated heterocycles. The van der Waals surface area contributed by atoms with E-state index in [4.69, 9.17) is 14.2 Å². The van der Waals surface area contributed by atoms with Gasteiger partial charge >= 0.3 is 17.9 Å². The van der Waals surface area contributed by atoms with Crippen LogP contribution < -0.4 is 0 Å². The van der Waals surface area contributed by atoms with Crippen LogP contribution in [0, 0.1) is 0 Å². The minimum absolute atomic E-state index is 0.0783. The van der Waals surface area contributed by atoms with E-state index in [1.165, 1.54) is 122 Å². The molecule has 0 aromatic heterocycles. The number of hydrogen-bond acceptors (Lipinski definition) is 6. The first-order valence-corrected chi connectivity index (χ1v) is 24.5. The fourth-order valence-corrected chi connectivity index (χ4v) is 6.94. The van der Waals surface area contributed by atoms with Gasteiger partial charge in [0.1, 0.15) is 13.2 Å². The molecule has 0 saturated carbocycles. The van der Waals surface area contributed by atoms with E-state index in [-0.39, 0.29) is 31.1 Å². The van der Waals surface area contributed by atoms with Crippen molar-refractivity contribution in [3.63, 3.8) is 0 Å². The molecule has 0 aromatic rings. The predicted octanol–water partition coefficient (Wildman–Crippen LogP) is 15.8. The zero-order valence-electron chi connectivity index (χ0n) is 37.9. The molecule has 0 amide bonds. The molecule has 1 unspecified atom stereocenters. The summed E-state index contributed by atoms with van der Waals surface area (Å²) in [4.78, 5) is 37.8. The quantitative estimate of drug-likeness (QED) is 0.0264. The van der Waals surface area contributed by atoms with Crippen LogP contribution in [0.1, 0.15) is 252 Å². The Labute approximate surface area is 353 Å². The summed E-state index contributed by atoms with van der Waals surface area (Å²) in [6.07, 6.45) is 52.7. The zero-order valence-corrected chi connectivity index (χ0v) is 37.9. The van der Waals surface area contributed by atoms with Crippen molar-refractivity contribution in [2.45, 2.75) is 258 Å². The van der Waals surface area contributed by atoms with Gasteiger partial charge in [-0.25, -0.2) is 0 Å². The third-order valence-electron chi connectivity index (χ3n) is 10.6. The molecule has 0 rings (SSSR count). The lowest BCUT2D eigenvalue weighted by Gasteiger charge is -2.18. The largest absolute Gasteiger partial charge is 0.462 e. The lowest BCUT2D eigenvalue weighted by atomic mass is 10.1. The molecule has 1 atom stereocenters. The number of hydrogen-bond donors (Lipinski definition) is 0. The minimum atomic E-state index is -0.778. The van der Waals surface area contributed by atoms with Crippen LogP contribution in [0.5, 0.6) is 0 Å². The van der Waals surface area contributed by atoms with Gasteiger partial charge in [-0.1, -0.05) is 198 Å². The molecule has 0 aromatic carbocycles. The molecule has 0 fully saturated rings. The highest BCUT2D eigenvalue weighted by Gasteiger charge is 2.19. The molecule has 0 bridgehead atoms. The second-order valence-electron chi connectivity index (χ2n) is 16.3. The second kappa shape index (κ2) is 46.3. The summed E-state index contributed by atoms with van der Waals surface area (Å²) >= 11 is 0. The van der Waals surface area contributed by atoms with Crippen LogP contribution in [-0.2, 0) is 28.6 Å². The predicted molar refractivity (Wildman–Crippen MR) is 242 cm³/mol. The first-order chi connectivity index (χ1) is 28.0. The van der Waals surface area contributed by atoms with Gasteiger partial charge in [0.2, 0.25) is 0 Å². The molecule has 0 aliphatic rings. The van der Waals surface area contributed by atoms with E-state index in [2.05, 4.69) is 57.2 Å². The molecular formula is C51H92O6. The first-order valence-electron chi connectivity index (χ1n) is 24.5. The summed E-state index contributed by atoms with van der Waals surface area (Å²) < 4.78 is 16.7. The fourth-order valence-electron chi connectivity index (χ4n) is 6.94. The maximum absolute atomic E-state index is 12.7. The van der Waals surface area contributed by atoms with Crippen LogP contribution in [-0.4, -0.2) is 37.2 Å². The van der Waals surface area contributed by atoms with Crippen molar-refractivity contribution >= 4 is 17.9 Å². The van der Waals surface area contributed by atoms with Crippen molar-refractivity contribution in [3.05, 3.63) is 36.5 Å². The summed E-state index contributed by atoms with van der Waals surface area (Å²) in [5.74, 6) is -0.898. The molecule has 0 N–H and O–H groups in total. The van der Waals surface area contributed by atoms with Gasteiger partial charge in [-0.3, -0.25) is 14.4 Å². The van der Waals surface area contributed by atoms with Crippen LogP contribution in [0.3, 0.4) is 0 Å². The number of carbonyl (C=O) groups is 3. The minimum Gasteiger partial charge on any atom is -0.462 e. The third kappa shape index (κ3) is 44.6. The highest BCUT2D eigenvalue weighted by molar-refractivity contribution is 5.71. The van der Waals surface area contributed by atoms with Crippen molar-refractivity contribution in [2.24, 2.45) is 0 Å². The zero-order chi connectivity index (χ0) is 41.5. The molecule has 0 aliphatic carbocycles. The Morgan fingerprint density at radius 1 is 0.368 bits per heavy atom. The van der Waals surface area contributed by atoms with Crippen molar-refractivity contribution in [2.75, 3.05) is 13.2 Å². The third-order valence-corrected chi connectivity index (χ3v) is 10.6. The molecule has 6 heteroatoms. The van der Waals surface area contributed by atoms with Crippen molar-refractivity contribution in [1.82, 2.24) is 0 Å². The number of esters is 3. The number of rotatable bonds is 44. The van der Waals surface area contributed by atoms with Crippen LogP contribution >= 0.6 is 0 Å². The van der Waals surface area contributed by atoms with E-state index in [1.807, 2.05) is 0 Å². The summed E-state index contributed by atoms with van der Waals surface area (Å²) in [6, 6.07) is 0. The fraction of sp³-hybridized carbons (Fsp3) is 0.824. The molecule has 332 valence electrons. The molecule has 57 heavy (non-hydrogen) atoms. The van der Waals surface area contributed by atoms with E-state index in [0.29, 0.717) is 19.3 Å². The first kappa shape index (κ1) is 54.6. The Morgan fingerprint density at radius 2 is 0.684 bits per heavy atom.